The topological polar surface area (TPSA) is 72.2 Å². The van der Waals surface area contributed by atoms with Crippen molar-refractivity contribution in [1.82, 2.24) is 0 Å². The van der Waals surface area contributed by atoms with E-state index in [1.807, 2.05) is 6.92 Å². The smallest absolute Gasteiger partial charge is 0.271 e. The van der Waals surface area contributed by atoms with Crippen molar-refractivity contribution >= 4 is 17.3 Å². The molecule has 0 aromatic heterocycles. The summed E-state index contributed by atoms with van der Waals surface area (Å²) in [5.74, 6) is -1.25. The van der Waals surface area contributed by atoms with Crippen molar-refractivity contribution in [2.24, 2.45) is 0 Å². The number of nitrogens with one attached hydrogen (secondary N) is 1. The Balaban J connectivity index is 2.25. The number of hydrogen-bond acceptors (Lipinski definition) is 3. The number of rotatable bonds is 3. The van der Waals surface area contributed by atoms with Crippen molar-refractivity contribution in [3.8, 4) is 0 Å². The molecule has 0 radical (unpaired) electrons. The molecule has 1 amide bonds. The average molecular weight is 274 g/mol. The molecule has 0 unspecified atom stereocenters. The molecule has 0 bridgehead atoms. The van der Waals surface area contributed by atoms with Crippen LogP contribution < -0.4 is 5.32 Å². The third-order valence-corrected chi connectivity index (χ3v) is 2.72. The van der Waals surface area contributed by atoms with E-state index < -0.39 is 16.6 Å². The molecule has 102 valence electrons. The Hall–Kier alpha value is -2.76. The third-order valence-electron chi connectivity index (χ3n) is 2.72. The summed E-state index contributed by atoms with van der Waals surface area (Å²) in [7, 11) is 0. The first-order valence-corrected chi connectivity index (χ1v) is 5.79. The summed E-state index contributed by atoms with van der Waals surface area (Å²) < 4.78 is 13.5. The molecule has 1 N–H and O–H groups in total. The maximum atomic E-state index is 13.5. The Morgan fingerprint density at radius 1 is 1.20 bits per heavy atom. The normalized spacial score (nSPS) is 10.1. The van der Waals surface area contributed by atoms with Crippen molar-refractivity contribution < 1.29 is 14.1 Å². The van der Waals surface area contributed by atoms with Gasteiger partial charge in [-0.3, -0.25) is 14.9 Å². The average Bonchev–Trinajstić information content (AvgIpc) is 2.41. The number of benzene rings is 2. The monoisotopic (exact) mass is 274 g/mol. The predicted molar refractivity (Wildman–Crippen MR) is 72.2 cm³/mol. The Morgan fingerprint density at radius 3 is 2.45 bits per heavy atom. The quantitative estimate of drug-likeness (QED) is 0.689. The number of nitrogens with zero attached hydrogens (tertiary/aromatic N) is 1. The molecule has 0 spiro atoms. The highest BCUT2D eigenvalue weighted by atomic mass is 19.1. The van der Waals surface area contributed by atoms with Gasteiger partial charge in [0.05, 0.1) is 10.6 Å². The maximum Gasteiger partial charge on any atom is 0.271 e. The molecule has 0 saturated carbocycles. The zero-order chi connectivity index (χ0) is 14.7. The van der Waals surface area contributed by atoms with Gasteiger partial charge in [-0.05, 0) is 25.1 Å². The second-order valence-corrected chi connectivity index (χ2v) is 4.24. The molecule has 2 aromatic rings. The number of carbonyl (C=O) groups is 1. The van der Waals surface area contributed by atoms with Crippen molar-refractivity contribution in [2.45, 2.75) is 6.92 Å². The Morgan fingerprint density at radius 2 is 1.85 bits per heavy atom. The van der Waals surface area contributed by atoms with Crippen LogP contribution in [0.4, 0.5) is 15.8 Å². The third kappa shape index (κ3) is 2.97. The minimum absolute atomic E-state index is 0.218. The lowest BCUT2D eigenvalue weighted by atomic mass is 10.1. The minimum Gasteiger partial charge on any atom is -0.319 e. The van der Waals surface area contributed by atoms with E-state index in [0.717, 1.165) is 23.8 Å². The molecule has 5 nitrogen and oxygen atoms in total. The van der Waals surface area contributed by atoms with Crippen LogP contribution in [-0.4, -0.2) is 10.8 Å². The van der Waals surface area contributed by atoms with Gasteiger partial charge in [0.15, 0.2) is 0 Å². The Labute approximate surface area is 114 Å². The van der Waals surface area contributed by atoms with Gasteiger partial charge in [0.25, 0.3) is 11.6 Å². The fourth-order valence-electron chi connectivity index (χ4n) is 1.62. The first-order valence-electron chi connectivity index (χ1n) is 5.79. The number of carbonyl (C=O) groups excluding carboxylic acids is 1. The van der Waals surface area contributed by atoms with Crippen LogP contribution >= 0.6 is 0 Å². The molecule has 0 heterocycles. The van der Waals surface area contributed by atoms with Crippen LogP contribution in [0.5, 0.6) is 0 Å². The predicted octanol–water partition coefficient (Wildman–Crippen LogP) is 3.29. The minimum atomic E-state index is -0.726. The zero-order valence-electron chi connectivity index (χ0n) is 10.6. The summed E-state index contributed by atoms with van der Waals surface area (Å²) in [6, 6.07) is 9.67. The lowest BCUT2D eigenvalue weighted by Gasteiger charge is -2.06. The van der Waals surface area contributed by atoms with Gasteiger partial charge in [0.2, 0.25) is 0 Å². The van der Waals surface area contributed by atoms with Gasteiger partial charge < -0.3 is 5.32 Å². The van der Waals surface area contributed by atoms with Crippen LogP contribution in [0.25, 0.3) is 0 Å². The van der Waals surface area contributed by atoms with Crippen molar-refractivity contribution in [3.05, 3.63) is 69.5 Å². The summed E-state index contributed by atoms with van der Waals surface area (Å²) in [4.78, 5) is 21.9. The molecule has 2 aromatic carbocycles. The van der Waals surface area contributed by atoms with Crippen LogP contribution in [0.3, 0.4) is 0 Å². The number of non-ortho nitro benzene ring substituents is 1. The number of anilines is 1. The molecular weight excluding hydrogens is 263 g/mol. The van der Waals surface area contributed by atoms with Crippen LogP contribution in [0.1, 0.15) is 15.9 Å². The van der Waals surface area contributed by atoms with E-state index in [-0.39, 0.29) is 11.4 Å². The lowest BCUT2D eigenvalue weighted by Crippen LogP contribution is -2.13. The molecule has 6 heteroatoms. The Kier molecular flexibility index (Phi) is 3.74. The van der Waals surface area contributed by atoms with E-state index >= 15 is 0 Å². The zero-order valence-corrected chi connectivity index (χ0v) is 10.6. The molecule has 0 atom stereocenters. The summed E-state index contributed by atoms with van der Waals surface area (Å²) >= 11 is 0. The maximum absolute atomic E-state index is 13.5. The lowest BCUT2D eigenvalue weighted by molar-refractivity contribution is -0.384. The van der Waals surface area contributed by atoms with Gasteiger partial charge in [-0.1, -0.05) is 17.7 Å². The second kappa shape index (κ2) is 5.48. The van der Waals surface area contributed by atoms with E-state index in [9.17, 15) is 19.3 Å². The highest BCUT2D eigenvalue weighted by molar-refractivity contribution is 6.04. The summed E-state index contributed by atoms with van der Waals surface area (Å²) in [6.45, 7) is 1.88. The van der Waals surface area contributed by atoms with Crippen LogP contribution in [0.2, 0.25) is 0 Å². The van der Waals surface area contributed by atoms with E-state index in [0.29, 0.717) is 5.56 Å². The molecule has 0 fully saturated rings. The number of aryl methyl sites for hydroxylation is 1. The SMILES string of the molecule is Cc1ccc(C(=O)Nc2cc([N+](=O)[O-])ccc2F)cc1. The van der Waals surface area contributed by atoms with Gasteiger partial charge in [0, 0.05) is 17.7 Å². The first-order chi connectivity index (χ1) is 9.47. The van der Waals surface area contributed by atoms with Gasteiger partial charge in [0.1, 0.15) is 5.82 Å². The number of nitro groups is 1. The molecule has 0 aliphatic carbocycles. The fourth-order valence-corrected chi connectivity index (χ4v) is 1.62. The second-order valence-electron chi connectivity index (χ2n) is 4.24. The van der Waals surface area contributed by atoms with E-state index in [1.165, 1.54) is 0 Å². The largest absolute Gasteiger partial charge is 0.319 e. The highest BCUT2D eigenvalue weighted by Gasteiger charge is 2.13. The molecule has 2 rings (SSSR count). The van der Waals surface area contributed by atoms with E-state index in [4.69, 9.17) is 0 Å². The van der Waals surface area contributed by atoms with Crippen LogP contribution in [0.15, 0.2) is 42.5 Å². The number of amides is 1. The number of hydrogen-bond donors (Lipinski definition) is 1. The molecule has 0 aliphatic heterocycles. The first kappa shape index (κ1) is 13.7. The van der Waals surface area contributed by atoms with Gasteiger partial charge in [-0.2, -0.15) is 0 Å². The summed E-state index contributed by atoms with van der Waals surface area (Å²) in [5.41, 5.74) is 0.833. The standard InChI is InChI=1S/C14H11FN2O3/c1-9-2-4-10(5-3-9)14(18)16-13-8-11(17(19)20)6-7-12(13)15/h2-8H,1H3,(H,16,18). The summed E-state index contributed by atoms with van der Waals surface area (Å²) in [5, 5.41) is 13.0. The van der Waals surface area contributed by atoms with E-state index in [2.05, 4.69) is 5.32 Å². The van der Waals surface area contributed by atoms with Gasteiger partial charge >= 0.3 is 0 Å². The van der Waals surface area contributed by atoms with Crippen LogP contribution in [0, 0.1) is 22.9 Å². The number of nitro benzene ring substituents is 1. The van der Waals surface area contributed by atoms with Crippen LogP contribution in [-0.2, 0) is 0 Å². The molecular formula is C14H11FN2O3. The Bertz CT molecular complexity index is 669. The molecule has 0 saturated heterocycles. The van der Waals surface area contributed by atoms with Gasteiger partial charge in [-0.25, -0.2) is 4.39 Å². The van der Waals surface area contributed by atoms with Crippen molar-refractivity contribution in [1.29, 1.82) is 0 Å². The molecule has 20 heavy (non-hydrogen) atoms. The van der Waals surface area contributed by atoms with Crippen molar-refractivity contribution in [2.75, 3.05) is 5.32 Å². The number of halogens is 1. The fraction of sp³-hybridized carbons (Fsp3) is 0.0714. The van der Waals surface area contributed by atoms with Crippen molar-refractivity contribution in [3.63, 3.8) is 0 Å². The van der Waals surface area contributed by atoms with E-state index in [1.54, 1.807) is 24.3 Å². The molecule has 0 aliphatic rings. The summed E-state index contributed by atoms with van der Waals surface area (Å²) in [6.07, 6.45) is 0. The highest BCUT2D eigenvalue weighted by Crippen LogP contribution is 2.21. The van der Waals surface area contributed by atoms with Gasteiger partial charge in [-0.15, -0.1) is 0 Å².